The van der Waals surface area contributed by atoms with Crippen molar-refractivity contribution in [2.45, 2.75) is 19.0 Å². The van der Waals surface area contributed by atoms with Crippen LogP contribution in [0.1, 0.15) is 18.4 Å². The number of aromatic nitrogens is 2. The molecule has 0 N–H and O–H groups in total. The molecule has 0 amide bonds. The van der Waals surface area contributed by atoms with Crippen LogP contribution in [0.25, 0.3) is 11.3 Å². The van der Waals surface area contributed by atoms with E-state index in [9.17, 15) is 13.2 Å². The average Bonchev–Trinajstić information content (AvgIpc) is 2.74. The molecule has 2 fully saturated rings. The van der Waals surface area contributed by atoms with Gasteiger partial charge in [0.15, 0.2) is 5.82 Å². The first-order valence-corrected chi connectivity index (χ1v) is 10.6. The van der Waals surface area contributed by atoms with Gasteiger partial charge in [-0.3, -0.25) is 4.90 Å². The Hall–Kier alpha value is -2.19. The van der Waals surface area contributed by atoms with Crippen LogP contribution in [0.15, 0.2) is 36.4 Å². The van der Waals surface area contributed by atoms with Crippen LogP contribution < -0.4 is 4.90 Å². The van der Waals surface area contributed by atoms with E-state index in [1.165, 1.54) is 38.1 Å². The van der Waals surface area contributed by atoms with Crippen LogP contribution in [0.3, 0.4) is 0 Å². The summed E-state index contributed by atoms with van der Waals surface area (Å²) in [4.78, 5) is 7.20. The second-order valence-electron chi connectivity index (χ2n) is 8.41. The predicted molar refractivity (Wildman–Crippen MR) is 111 cm³/mol. The van der Waals surface area contributed by atoms with Gasteiger partial charge >= 0.3 is 6.18 Å². The van der Waals surface area contributed by atoms with E-state index < -0.39 is 11.7 Å². The lowest BCUT2D eigenvalue weighted by atomic mass is 9.97. The van der Waals surface area contributed by atoms with Crippen molar-refractivity contribution in [3.05, 3.63) is 42.0 Å². The molecule has 162 valence electrons. The van der Waals surface area contributed by atoms with Crippen molar-refractivity contribution in [2.75, 3.05) is 57.8 Å². The maximum absolute atomic E-state index is 12.7. The first-order valence-electron chi connectivity index (χ1n) is 10.6. The lowest BCUT2D eigenvalue weighted by Gasteiger charge is -2.38. The predicted octanol–water partition coefficient (Wildman–Crippen LogP) is 3.63. The number of likely N-dealkylation sites (tertiary alicyclic amines) is 1. The molecule has 4 rings (SSSR count). The number of rotatable bonds is 4. The van der Waals surface area contributed by atoms with Crippen molar-refractivity contribution in [3.63, 3.8) is 0 Å². The van der Waals surface area contributed by atoms with Gasteiger partial charge in [0.1, 0.15) is 0 Å². The summed E-state index contributed by atoms with van der Waals surface area (Å²) in [5.41, 5.74) is 0.547. The Morgan fingerprint density at radius 2 is 1.67 bits per heavy atom. The SMILES string of the molecule is CN1CCCC(CN2CCN(c3ccc(-c4ccc(C(F)(F)F)cc4)nn3)CC2)C1. The normalized spacial score (nSPS) is 21.7. The maximum atomic E-state index is 12.7. The second-order valence-corrected chi connectivity index (χ2v) is 8.41. The van der Waals surface area contributed by atoms with Crippen molar-refractivity contribution in [1.82, 2.24) is 20.0 Å². The van der Waals surface area contributed by atoms with E-state index in [1.807, 2.05) is 12.1 Å². The molecule has 1 aromatic carbocycles. The van der Waals surface area contributed by atoms with Crippen molar-refractivity contribution in [1.29, 1.82) is 0 Å². The molecule has 0 aliphatic carbocycles. The van der Waals surface area contributed by atoms with Gasteiger partial charge in [0.25, 0.3) is 0 Å². The van der Waals surface area contributed by atoms with Crippen molar-refractivity contribution in [2.24, 2.45) is 5.92 Å². The van der Waals surface area contributed by atoms with Gasteiger partial charge in [-0.2, -0.15) is 13.2 Å². The molecule has 0 bridgehead atoms. The number of piperidine rings is 1. The monoisotopic (exact) mass is 419 g/mol. The molecule has 30 heavy (non-hydrogen) atoms. The Labute approximate surface area is 175 Å². The third-order valence-corrected chi connectivity index (χ3v) is 6.09. The molecular formula is C22H28F3N5. The van der Waals surface area contributed by atoms with Gasteiger partial charge in [-0.1, -0.05) is 12.1 Å². The number of alkyl halides is 3. The Morgan fingerprint density at radius 1 is 0.933 bits per heavy atom. The van der Waals surface area contributed by atoms with Gasteiger partial charge in [-0.05, 0) is 56.6 Å². The number of benzene rings is 1. The standard InChI is InChI=1S/C22H28F3N5/c1-28-10-2-3-17(15-28)16-29-11-13-30(14-12-29)21-9-8-20(26-27-21)18-4-6-19(7-5-18)22(23,24)25/h4-9,17H,2-3,10-16H2,1H3. The summed E-state index contributed by atoms with van der Waals surface area (Å²) in [7, 11) is 2.21. The molecule has 5 nitrogen and oxygen atoms in total. The van der Waals surface area contributed by atoms with E-state index in [2.05, 4.69) is 31.9 Å². The zero-order valence-electron chi connectivity index (χ0n) is 17.3. The molecule has 1 unspecified atom stereocenters. The minimum Gasteiger partial charge on any atom is -0.353 e. The highest BCUT2D eigenvalue weighted by atomic mass is 19.4. The number of hydrogen-bond acceptors (Lipinski definition) is 5. The van der Waals surface area contributed by atoms with Gasteiger partial charge in [0.2, 0.25) is 0 Å². The summed E-state index contributed by atoms with van der Waals surface area (Å²) in [6, 6.07) is 8.77. The van der Waals surface area contributed by atoms with Crippen molar-refractivity contribution in [3.8, 4) is 11.3 Å². The second kappa shape index (κ2) is 8.89. The van der Waals surface area contributed by atoms with Gasteiger partial charge in [-0.25, -0.2) is 0 Å². The van der Waals surface area contributed by atoms with E-state index in [4.69, 9.17) is 0 Å². The Morgan fingerprint density at radius 3 is 2.27 bits per heavy atom. The minimum absolute atomic E-state index is 0.576. The van der Waals surface area contributed by atoms with Crippen LogP contribution in [0.5, 0.6) is 0 Å². The maximum Gasteiger partial charge on any atom is 0.416 e. The van der Waals surface area contributed by atoms with Gasteiger partial charge in [-0.15, -0.1) is 10.2 Å². The van der Waals surface area contributed by atoms with Gasteiger partial charge in [0.05, 0.1) is 11.3 Å². The summed E-state index contributed by atoms with van der Waals surface area (Å²) in [5.74, 6) is 1.58. The molecular weight excluding hydrogens is 391 g/mol. The molecule has 2 aliphatic heterocycles. The van der Waals surface area contributed by atoms with Gasteiger partial charge in [0, 0.05) is 44.8 Å². The van der Waals surface area contributed by atoms with Crippen LogP contribution in [-0.2, 0) is 6.18 Å². The number of halogens is 3. The van der Waals surface area contributed by atoms with E-state index in [0.29, 0.717) is 11.3 Å². The minimum atomic E-state index is -4.33. The van der Waals surface area contributed by atoms with E-state index in [0.717, 1.165) is 56.6 Å². The lowest BCUT2D eigenvalue weighted by Crippen LogP contribution is -2.49. The quantitative estimate of drug-likeness (QED) is 0.756. The number of piperazine rings is 1. The topological polar surface area (TPSA) is 35.5 Å². The fourth-order valence-electron chi connectivity index (χ4n) is 4.42. The molecule has 1 aromatic heterocycles. The summed E-state index contributed by atoms with van der Waals surface area (Å²) >= 11 is 0. The zero-order chi connectivity index (χ0) is 21.1. The fraction of sp³-hybridized carbons (Fsp3) is 0.545. The number of nitrogens with zero attached hydrogens (tertiary/aromatic N) is 5. The van der Waals surface area contributed by atoms with Crippen molar-refractivity contribution >= 4 is 5.82 Å². The fourth-order valence-corrected chi connectivity index (χ4v) is 4.42. The third-order valence-electron chi connectivity index (χ3n) is 6.09. The van der Waals surface area contributed by atoms with Crippen LogP contribution in [-0.4, -0.2) is 72.9 Å². The lowest BCUT2D eigenvalue weighted by molar-refractivity contribution is -0.137. The molecule has 2 saturated heterocycles. The molecule has 3 heterocycles. The summed E-state index contributed by atoms with van der Waals surface area (Å²) in [6.45, 7) is 7.43. The smallest absolute Gasteiger partial charge is 0.353 e. The highest BCUT2D eigenvalue weighted by molar-refractivity contribution is 5.60. The first-order chi connectivity index (χ1) is 14.4. The Balaban J connectivity index is 1.31. The van der Waals surface area contributed by atoms with Crippen LogP contribution in [0.4, 0.5) is 19.0 Å². The summed E-state index contributed by atoms with van der Waals surface area (Å²) < 4.78 is 38.2. The molecule has 2 aromatic rings. The first kappa shape index (κ1) is 21.1. The van der Waals surface area contributed by atoms with Crippen LogP contribution in [0, 0.1) is 5.92 Å². The molecule has 2 aliphatic rings. The molecule has 1 atom stereocenters. The van der Waals surface area contributed by atoms with E-state index >= 15 is 0 Å². The third kappa shape index (κ3) is 5.10. The molecule has 8 heteroatoms. The van der Waals surface area contributed by atoms with Crippen molar-refractivity contribution < 1.29 is 13.2 Å². The zero-order valence-corrected chi connectivity index (χ0v) is 17.3. The van der Waals surface area contributed by atoms with E-state index in [1.54, 1.807) is 0 Å². The molecule has 0 saturated carbocycles. The number of anilines is 1. The largest absolute Gasteiger partial charge is 0.416 e. The van der Waals surface area contributed by atoms with Crippen LogP contribution >= 0.6 is 0 Å². The highest BCUT2D eigenvalue weighted by Gasteiger charge is 2.30. The Kier molecular flexibility index (Phi) is 6.24. The summed E-state index contributed by atoms with van der Waals surface area (Å²) in [5, 5.41) is 8.57. The number of hydrogen-bond donors (Lipinski definition) is 0. The van der Waals surface area contributed by atoms with E-state index in [-0.39, 0.29) is 0 Å². The average molecular weight is 419 g/mol. The molecule has 0 radical (unpaired) electrons. The summed E-state index contributed by atoms with van der Waals surface area (Å²) in [6.07, 6.45) is -1.72. The van der Waals surface area contributed by atoms with Crippen LogP contribution in [0.2, 0.25) is 0 Å². The highest BCUT2D eigenvalue weighted by Crippen LogP contribution is 2.30. The van der Waals surface area contributed by atoms with Gasteiger partial charge < -0.3 is 9.80 Å². The Bertz CT molecular complexity index is 814. The molecule has 0 spiro atoms.